The molecule has 0 aliphatic carbocycles. The molecule has 1 aliphatic rings. The van der Waals surface area contributed by atoms with E-state index < -0.39 is 0 Å². The Morgan fingerprint density at radius 2 is 1.75 bits per heavy atom. The van der Waals surface area contributed by atoms with E-state index in [9.17, 15) is 9.18 Å². The molecule has 9 heteroatoms. The number of ether oxygens (including phenoxy) is 1. The molecule has 0 saturated carbocycles. The molecule has 1 amide bonds. The van der Waals surface area contributed by atoms with Crippen molar-refractivity contribution in [1.29, 1.82) is 0 Å². The van der Waals surface area contributed by atoms with Crippen LogP contribution in [0.2, 0.25) is 0 Å². The van der Waals surface area contributed by atoms with Gasteiger partial charge in [-0.15, -0.1) is 10.2 Å². The second-order valence-electron chi connectivity index (χ2n) is 8.81. The molecule has 2 aromatic heterocycles. The van der Waals surface area contributed by atoms with E-state index in [0.29, 0.717) is 23.6 Å². The van der Waals surface area contributed by atoms with Crippen molar-refractivity contribution in [1.82, 2.24) is 24.8 Å². The van der Waals surface area contributed by atoms with E-state index in [2.05, 4.69) is 37.4 Å². The highest BCUT2D eigenvalue weighted by Crippen LogP contribution is 2.21. The van der Waals surface area contributed by atoms with Gasteiger partial charge in [0.05, 0.1) is 7.11 Å². The van der Waals surface area contributed by atoms with Gasteiger partial charge in [-0.05, 0) is 73.6 Å². The number of hydrogen-bond acceptors (Lipinski definition) is 6. The molecule has 1 aliphatic heterocycles. The standard InChI is InChI=1S/C27H29FN6O2/c1-36-24-9-7-23(8-10-24)33-17-15-32(16-18-33)13-2-12-29-27(35)21-11-14-34-25(19-21)30-31-26(34)20-3-5-22(28)6-4-20/h3-11,14,19H,2,12-13,15-18H2,1H3,(H,29,35). The first-order valence-corrected chi connectivity index (χ1v) is 12.1. The first-order valence-electron chi connectivity index (χ1n) is 12.1. The maximum absolute atomic E-state index is 13.2. The van der Waals surface area contributed by atoms with Crippen LogP contribution < -0.4 is 15.0 Å². The van der Waals surface area contributed by atoms with Crippen molar-refractivity contribution in [2.75, 3.05) is 51.3 Å². The van der Waals surface area contributed by atoms with Crippen molar-refractivity contribution < 1.29 is 13.9 Å². The first kappa shape index (κ1) is 23.7. The minimum atomic E-state index is -0.303. The molecule has 0 radical (unpaired) electrons. The second-order valence-corrected chi connectivity index (χ2v) is 8.81. The van der Waals surface area contributed by atoms with Crippen LogP contribution >= 0.6 is 0 Å². The van der Waals surface area contributed by atoms with Crippen LogP contribution in [0.25, 0.3) is 17.0 Å². The summed E-state index contributed by atoms with van der Waals surface area (Å²) in [5, 5.41) is 11.4. The van der Waals surface area contributed by atoms with E-state index in [0.717, 1.165) is 50.5 Å². The molecular formula is C27H29FN6O2. The molecule has 4 aromatic rings. The average molecular weight is 489 g/mol. The van der Waals surface area contributed by atoms with Crippen molar-refractivity contribution in [3.63, 3.8) is 0 Å². The number of rotatable bonds is 8. The third-order valence-electron chi connectivity index (χ3n) is 6.52. The van der Waals surface area contributed by atoms with Crippen molar-refractivity contribution in [3.8, 4) is 17.1 Å². The molecule has 36 heavy (non-hydrogen) atoms. The van der Waals surface area contributed by atoms with E-state index in [1.807, 2.05) is 12.1 Å². The molecule has 8 nitrogen and oxygen atoms in total. The number of pyridine rings is 1. The topological polar surface area (TPSA) is 75.0 Å². The fraction of sp³-hybridized carbons (Fsp3) is 0.296. The fourth-order valence-corrected chi connectivity index (χ4v) is 4.46. The lowest BCUT2D eigenvalue weighted by Gasteiger charge is -2.36. The van der Waals surface area contributed by atoms with Gasteiger partial charge < -0.3 is 15.0 Å². The number of anilines is 1. The number of methoxy groups -OCH3 is 1. The van der Waals surface area contributed by atoms with Crippen LogP contribution in [0.15, 0.2) is 66.9 Å². The lowest BCUT2D eigenvalue weighted by atomic mass is 10.2. The highest BCUT2D eigenvalue weighted by atomic mass is 19.1. The highest BCUT2D eigenvalue weighted by molar-refractivity contribution is 5.95. The molecule has 0 atom stereocenters. The van der Waals surface area contributed by atoms with Gasteiger partial charge in [-0.25, -0.2) is 4.39 Å². The van der Waals surface area contributed by atoms with Crippen LogP contribution in [0.4, 0.5) is 10.1 Å². The van der Waals surface area contributed by atoms with Gasteiger partial charge in [0.1, 0.15) is 11.6 Å². The molecule has 1 saturated heterocycles. The molecule has 1 N–H and O–H groups in total. The van der Waals surface area contributed by atoms with Gasteiger partial charge in [-0.3, -0.25) is 14.1 Å². The van der Waals surface area contributed by atoms with E-state index >= 15 is 0 Å². The van der Waals surface area contributed by atoms with E-state index in [4.69, 9.17) is 4.74 Å². The molecule has 0 bridgehead atoms. The SMILES string of the molecule is COc1ccc(N2CCN(CCCNC(=O)c3ccn4c(-c5ccc(F)cc5)nnc4c3)CC2)cc1. The largest absolute Gasteiger partial charge is 0.497 e. The van der Waals surface area contributed by atoms with E-state index in [1.54, 1.807) is 42.0 Å². The van der Waals surface area contributed by atoms with E-state index in [-0.39, 0.29) is 11.7 Å². The molecule has 1 fully saturated rings. The van der Waals surface area contributed by atoms with Crippen molar-refractivity contribution >= 4 is 17.2 Å². The summed E-state index contributed by atoms with van der Waals surface area (Å²) in [7, 11) is 1.68. The van der Waals surface area contributed by atoms with Crippen LogP contribution in [0.5, 0.6) is 5.75 Å². The summed E-state index contributed by atoms with van der Waals surface area (Å²) in [6.07, 6.45) is 2.65. The van der Waals surface area contributed by atoms with Gasteiger partial charge in [-0.1, -0.05) is 0 Å². The van der Waals surface area contributed by atoms with Gasteiger partial charge in [-0.2, -0.15) is 0 Å². The molecule has 5 rings (SSSR count). The Hall–Kier alpha value is -3.98. The van der Waals surface area contributed by atoms with Crippen LogP contribution in [0, 0.1) is 5.82 Å². The quantitative estimate of drug-likeness (QED) is 0.383. The molecule has 186 valence electrons. The summed E-state index contributed by atoms with van der Waals surface area (Å²) < 4.78 is 20.2. The Morgan fingerprint density at radius 1 is 1.00 bits per heavy atom. The second kappa shape index (κ2) is 10.7. The zero-order valence-electron chi connectivity index (χ0n) is 20.2. The maximum atomic E-state index is 13.2. The third kappa shape index (κ3) is 5.31. The van der Waals surface area contributed by atoms with Gasteiger partial charge in [0.25, 0.3) is 5.91 Å². The Labute approximate surface area is 209 Å². The Bertz CT molecular complexity index is 1310. The van der Waals surface area contributed by atoms with Crippen molar-refractivity contribution in [2.45, 2.75) is 6.42 Å². The van der Waals surface area contributed by atoms with E-state index in [1.165, 1.54) is 17.8 Å². The van der Waals surface area contributed by atoms with Gasteiger partial charge in [0.15, 0.2) is 11.5 Å². The molecule has 3 heterocycles. The molecule has 0 unspecified atom stereocenters. The zero-order chi connectivity index (χ0) is 24.9. The Balaban J connectivity index is 1.08. The zero-order valence-corrected chi connectivity index (χ0v) is 20.2. The average Bonchev–Trinajstić information content (AvgIpc) is 3.35. The molecule has 0 spiro atoms. The summed E-state index contributed by atoms with van der Waals surface area (Å²) in [4.78, 5) is 17.5. The Kier molecular flexibility index (Phi) is 7.08. The summed E-state index contributed by atoms with van der Waals surface area (Å²) in [6, 6.07) is 17.7. The van der Waals surface area contributed by atoms with Crippen LogP contribution in [0.3, 0.4) is 0 Å². The highest BCUT2D eigenvalue weighted by Gasteiger charge is 2.17. The number of nitrogens with zero attached hydrogens (tertiary/aromatic N) is 5. The predicted octanol–water partition coefficient (Wildman–Crippen LogP) is 3.49. The Morgan fingerprint density at radius 3 is 2.47 bits per heavy atom. The smallest absolute Gasteiger partial charge is 0.251 e. The number of fused-ring (bicyclic) bond motifs is 1. The predicted molar refractivity (Wildman–Crippen MR) is 137 cm³/mol. The van der Waals surface area contributed by atoms with Gasteiger partial charge >= 0.3 is 0 Å². The first-order chi connectivity index (χ1) is 17.6. The number of amides is 1. The van der Waals surface area contributed by atoms with Crippen LogP contribution in [-0.2, 0) is 0 Å². The third-order valence-corrected chi connectivity index (χ3v) is 6.52. The van der Waals surface area contributed by atoms with Crippen LogP contribution in [-0.4, -0.2) is 71.8 Å². The summed E-state index contributed by atoms with van der Waals surface area (Å²) in [5.74, 6) is 1.04. The minimum absolute atomic E-state index is 0.131. The minimum Gasteiger partial charge on any atom is -0.497 e. The maximum Gasteiger partial charge on any atom is 0.251 e. The summed E-state index contributed by atoms with van der Waals surface area (Å²) >= 11 is 0. The number of benzene rings is 2. The van der Waals surface area contributed by atoms with Crippen LogP contribution in [0.1, 0.15) is 16.8 Å². The normalized spacial score (nSPS) is 14.2. The summed E-state index contributed by atoms with van der Waals surface area (Å²) in [5.41, 5.74) is 3.08. The summed E-state index contributed by atoms with van der Waals surface area (Å²) in [6.45, 7) is 5.52. The van der Waals surface area contributed by atoms with Crippen molar-refractivity contribution in [3.05, 3.63) is 78.2 Å². The lowest BCUT2D eigenvalue weighted by Crippen LogP contribution is -2.47. The number of hydrogen-bond donors (Lipinski definition) is 1. The lowest BCUT2D eigenvalue weighted by molar-refractivity contribution is 0.0951. The number of carbonyl (C=O) groups excluding carboxylic acids is 1. The van der Waals surface area contributed by atoms with Gasteiger partial charge in [0.2, 0.25) is 0 Å². The number of halogens is 1. The molecule has 2 aromatic carbocycles. The monoisotopic (exact) mass is 488 g/mol. The number of aromatic nitrogens is 3. The number of piperazine rings is 1. The number of carbonyl (C=O) groups is 1. The number of nitrogens with one attached hydrogen (secondary N) is 1. The van der Waals surface area contributed by atoms with Gasteiger partial charge in [0, 0.05) is 55.7 Å². The van der Waals surface area contributed by atoms with Crippen molar-refractivity contribution in [2.24, 2.45) is 0 Å². The fourth-order valence-electron chi connectivity index (χ4n) is 4.46. The molecular weight excluding hydrogens is 459 g/mol.